The molecule has 1 aromatic carbocycles. The van der Waals surface area contributed by atoms with E-state index < -0.39 is 0 Å². The Bertz CT molecular complexity index is 292. The summed E-state index contributed by atoms with van der Waals surface area (Å²) in [6, 6.07) is 4.65. The van der Waals surface area contributed by atoms with Crippen LogP contribution in [-0.2, 0) is 0 Å². The number of unbranched alkanes of at least 4 members (excludes halogenated alkanes) is 2. The van der Waals surface area contributed by atoms with Gasteiger partial charge in [-0.3, -0.25) is 0 Å². The van der Waals surface area contributed by atoms with Gasteiger partial charge in [-0.2, -0.15) is 0 Å². The molecule has 0 amide bonds. The molecule has 0 atom stereocenters. The first-order chi connectivity index (χ1) is 7.13. The zero-order valence-corrected chi connectivity index (χ0v) is 9.46. The van der Waals surface area contributed by atoms with E-state index in [9.17, 15) is 4.39 Å². The molecule has 0 aromatic heterocycles. The molecule has 3 heteroatoms. The van der Waals surface area contributed by atoms with Gasteiger partial charge in [0, 0.05) is 25.0 Å². The van der Waals surface area contributed by atoms with Crippen LogP contribution in [0.2, 0.25) is 0 Å². The minimum atomic E-state index is -0.271. The zero-order chi connectivity index (χ0) is 11.3. The van der Waals surface area contributed by atoms with Gasteiger partial charge in [-0.15, -0.1) is 0 Å². The topological polar surface area (TPSA) is 29.3 Å². The van der Waals surface area contributed by atoms with Gasteiger partial charge in [0.25, 0.3) is 0 Å². The highest BCUT2D eigenvalue weighted by molar-refractivity contribution is 5.55. The lowest BCUT2D eigenvalue weighted by molar-refractivity contribution is 0.627. The monoisotopic (exact) mass is 210 g/mol. The molecule has 2 N–H and O–H groups in total. The summed E-state index contributed by atoms with van der Waals surface area (Å²) in [6.07, 6.45) is 3.53. The predicted octanol–water partition coefficient (Wildman–Crippen LogP) is 3.03. The van der Waals surface area contributed by atoms with Crippen LogP contribution in [0.4, 0.5) is 15.8 Å². The largest absolute Gasteiger partial charge is 0.399 e. The minimum Gasteiger partial charge on any atom is -0.399 e. The van der Waals surface area contributed by atoms with Crippen molar-refractivity contribution in [2.75, 3.05) is 24.2 Å². The first-order valence-electron chi connectivity index (χ1n) is 5.40. The minimum absolute atomic E-state index is 0.271. The highest BCUT2D eigenvalue weighted by Gasteiger charge is 2.03. The lowest BCUT2D eigenvalue weighted by atomic mass is 10.2. The number of rotatable bonds is 5. The fourth-order valence-corrected chi connectivity index (χ4v) is 1.54. The van der Waals surface area contributed by atoms with Crippen LogP contribution in [-0.4, -0.2) is 13.6 Å². The first-order valence-corrected chi connectivity index (χ1v) is 5.40. The van der Waals surface area contributed by atoms with Crippen LogP contribution >= 0.6 is 0 Å². The Morgan fingerprint density at radius 2 is 2.00 bits per heavy atom. The highest BCUT2D eigenvalue weighted by Crippen LogP contribution is 2.19. The number of hydrogen-bond donors (Lipinski definition) is 1. The number of benzene rings is 1. The summed E-state index contributed by atoms with van der Waals surface area (Å²) in [5.74, 6) is -0.271. The molecule has 0 aliphatic heterocycles. The van der Waals surface area contributed by atoms with E-state index in [4.69, 9.17) is 5.73 Å². The molecular weight excluding hydrogens is 191 g/mol. The van der Waals surface area contributed by atoms with Crippen LogP contribution in [0.25, 0.3) is 0 Å². The number of nitrogens with zero attached hydrogens (tertiary/aromatic N) is 1. The summed E-state index contributed by atoms with van der Waals surface area (Å²) in [4.78, 5) is 2.04. The molecule has 84 valence electrons. The van der Waals surface area contributed by atoms with Gasteiger partial charge in [-0.1, -0.05) is 19.8 Å². The smallest absolute Gasteiger partial charge is 0.127 e. The molecule has 0 aliphatic carbocycles. The van der Waals surface area contributed by atoms with Crippen LogP contribution in [0.3, 0.4) is 0 Å². The zero-order valence-electron chi connectivity index (χ0n) is 9.46. The molecule has 1 rings (SSSR count). The van der Waals surface area contributed by atoms with Gasteiger partial charge in [0.1, 0.15) is 5.82 Å². The van der Waals surface area contributed by atoms with E-state index in [0.717, 1.165) is 18.7 Å². The van der Waals surface area contributed by atoms with E-state index in [2.05, 4.69) is 6.92 Å². The SMILES string of the molecule is CCCCCN(C)c1cc(N)cc(F)c1. The van der Waals surface area contributed by atoms with Crippen molar-refractivity contribution < 1.29 is 4.39 Å². The Hall–Kier alpha value is -1.25. The quantitative estimate of drug-likeness (QED) is 0.598. The lowest BCUT2D eigenvalue weighted by Gasteiger charge is -2.19. The highest BCUT2D eigenvalue weighted by atomic mass is 19.1. The maximum Gasteiger partial charge on any atom is 0.127 e. The van der Waals surface area contributed by atoms with Crippen molar-refractivity contribution in [3.05, 3.63) is 24.0 Å². The molecule has 0 saturated carbocycles. The number of anilines is 2. The van der Waals surface area contributed by atoms with E-state index in [-0.39, 0.29) is 5.82 Å². The van der Waals surface area contributed by atoms with Gasteiger partial charge >= 0.3 is 0 Å². The van der Waals surface area contributed by atoms with Crippen molar-refractivity contribution in [3.63, 3.8) is 0 Å². The van der Waals surface area contributed by atoms with Crippen LogP contribution < -0.4 is 10.6 Å². The van der Waals surface area contributed by atoms with E-state index >= 15 is 0 Å². The molecule has 0 saturated heterocycles. The van der Waals surface area contributed by atoms with Crippen molar-refractivity contribution in [3.8, 4) is 0 Å². The molecule has 0 bridgehead atoms. The molecular formula is C12H19FN2. The maximum atomic E-state index is 13.1. The van der Waals surface area contributed by atoms with Crippen LogP contribution in [0.1, 0.15) is 26.2 Å². The average Bonchev–Trinajstić information content (AvgIpc) is 2.16. The molecule has 0 unspecified atom stereocenters. The average molecular weight is 210 g/mol. The standard InChI is InChI=1S/C12H19FN2/c1-3-4-5-6-15(2)12-8-10(13)7-11(14)9-12/h7-9H,3-6,14H2,1-2H3. The molecule has 0 spiro atoms. The lowest BCUT2D eigenvalue weighted by Crippen LogP contribution is -2.18. The fraction of sp³-hybridized carbons (Fsp3) is 0.500. The van der Waals surface area contributed by atoms with Crippen molar-refractivity contribution >= 4 is 11.4 Å². The van der Waals surface area contributed by atoms with Gasteiger partial charge in [0.2, 0.25) is 0 Å². The van der Waals surface area contributed by atoms with E-state index in [1.54, 1.807) is 6.07 Å². The second-order valence-corrected chi connectivity index (χ2v) is 3.87. The van der Waals surface area contributed by atoms with Crippen molar-refractivity contribution in [2.24, 2.45) is 0 Å². The summed E-state index contributed by atoms with van der Waals surface area (Å²) in [6.45, 7) is 3.11. The van der Waals surface area contributed by atoms with Crippen molar-refractivity contribution in [1.82, 2.24) is 0 Å². The van der Waals surface area contributed by atoms with Crippen LogP contribution in [0.15, 0.2) is 18.2 Å². The number of hydrogen-bond acceptors (Lipinski definition) is 2. The molecule has 0 fully saturated rings. The summed E-state index contributed by atoms with van der Waals surface area (Å²) >= 11 is 0. The Balaban J connectivity index is 2.60. The Morgan fingerprint density at radius 1 is 1.27 bits per heavy atom. The molecule has 15 heavy (non-hydrogen) atoms. The van der Waals surface area contributed by atoms with Gasteiger partial charge in [-0.05, 0) is 24.6 Å². The summed E-state index contributed by atoms with van der Waals surface area (Å²) in [7, 11) is 1.96. The van der Waals surface area contributed by atoms with Gasteiger partial charge < -0.3 is 10.6 Å². The number of nitrogen functional groups attached to an aromatic ring is 1. The van der Waals surface area contributed by atoms with Gasteiger partial charge in [0.15, 0.2) is 0 Å². The second kappa shape index (κ2) is 5.59. The van der Waals surface area contributed by atoms with Gasteiger partial charge in [0.05, 0.1) is 0 Å². The maximum absolute atomic E-state index is 13.1. The number of nitrogens with two attached hydrogens (primary N) is 1. The van der Waals surface area contributed by atoms with E-state index in [1.807, 2.05) is 11.9 Å². The number of halogens is 1. The Labute approximate surface area is 90.9 Å². The molecule has 0 radical (unpaired) electrons. The third-order valence-corrected chi connectivity index (χ3v) is 2.44. The van der Waals surface area contributed by atoms with Crippen molar-refractivity contribution in [2.45, 2.75) is 26.2 Å². The molecule has 0 aliphatic rings. The summed E-state index contributed by atoms with van der Waals surface area (Å²) < 4.78 is 13.1. The Morgan fingerprint density at radius 3 is 2.60 bits per heavy atom. The second-order valence-electron chi connectivity index (χ2n) is 3.87. The van der Waals surface area contributed by atoms with Crippen molar-refractivity contribution in [1.29, 1.82) is 0 Å². The predicted molar refractivity (Wildman–Crippen MR) is 63.6 cm³/mol. The summed E-state index contributed by atoms with van der Waals surface area (Å²) in [5, 5.41) is 0. The van der Waals surface area contributed by atoms with E-state index in [1.165, 1.54) is 25.0 Å². The third-order valence-electron chi connectivity index (χ3n) is 2.44. The third kappa shape index (κ3) is 3.78. The normalized spacial score (nSPS) is 10.3. The Kier molecular flexibility index (Phi) is 4.40. The van der Waals surface area contributed by atoms with E-state index in [0.29, 0.717) is 5.69 Å². The van der Waals surface area contributed by atoms with Crippen LogP contribution in [0.5, 0.6) is 0 Å². The molecule has 2 nitrogen and oxygen atoms in total. The molecule has 0 heterocycles. The first kappa shape index (κ1) is 11.8. The van der Waals surface area contributed by atoms with Gasteiger partial charge in [-0.25, -0.2) is 4.39 Å². The summed E-state index contributed by atoms with van der Waals surface area (Å²) in [5.41, 5.74) is 6.91. The molecule has 1 aromatic rings. The fourth-order valence-electron chi connectivity index (χ4n) is 1.54. The van der Waals surface area contributed by atoms with Crippen LogP contribution in [0, 0.1) is 5.82 Å².